The van der Waals surface area contributed by atoms with Crippen LogP contribution in [0.25, 0.3) is 0 Å². The number of ether oxygens (including phenoxy) is 1. The van der Waals surface area contributed by atoms with Crippen molar-refractivity contribution >= 4 is 17.4 Å². The van der Waals surface area contributed by atoms with Gasteiger partial charge in [-0.3, -0.25) is 0 Å². The van der Waals surface area contributed by atoms with Crippen molar-refractivity contribution < 1.29 is 4.74 Å². The first-order valence-electron chi connectivity index (χ1n) is 6.68. The molecule has 19 heavy (non-hydrogen) atoms. The number of aromatic nitrogens is 2. The van der Waals surface area contributed by atoms with Crippen LogP contribution in [-0.2, 0) is 0 Å². The number of hydrogen-bond donors (Lipinski definition) is 1. The third-order valence-corrected chi connectivity index (χ3v) is 3.63. The lowest BCUT2D eigenvalue weighted by molar-refractivity contribution is 0.379. The zero-order chi connectivity index (χ0) is 13.8. The zero-order valence-electron chi connectivity index (χ0n) is 11.7. The number of nitrogens with one attached hydrogen (secondary N) is 1. The molecule has 1 aliphatic heterocycles. The summed E-state index contributed by atoms with van der Waals surface area (Å²) >= 11 is 6.23. The van der Waals surface area contributed by atoms with Gasteiger partial charge in [0, 0.05) is 18.6 Å². The smallest absolute Gasteiger partial charge is 0.318 e. The monoisotopic (exact) mass is 284 g/mol. The highest BCUT2D eigenvalue weighted by atomic mass is 35.5. The van der Waals surface area contributed by atoms with E-state index in [-0.39, 0.29) is 0 Å². The van der Waals surface area contributed by atoms with Crippen LogP contribution in [0.4, 0.5) is 5.82 Å². The maximum absolute atomic E-state index is 6.23. The molecule has 1 aromatic rings. The van der Waals surface area contributed by atoms with E-state index in [1.54, 1.807) is 13.3 Å². The van der Waals surface area contributed by atoms with Crippen molar-refractivity contribution in [1.29, 1.82) is 0 Å². The molecular weight excluding hydrogens is 264 g/mol. The van der Waals surface area contributed by atoms with Crippen LogP contribution in [0, 0.1) is 0 Å². The molecule has 0 aromatic carbocycles. The van der Waals surface area contributed by atoms with Crippen LogP contribution in [0.2, 0.25) is 5.02 Å². The molecule has 5 nitrogen and oxygen atoms in total. The Morgan fingerprint density at radius 2 is 2.37 bits per heavy atom. The van der Waals surface area contributed by atoms with Gasteiger partial charge in [-0.25, -0.2) is 4.98 Å². The molecule has 1 unspecified atom stereocenters. The van der Waals surface area contributed by atoms with E-state index in [1.807, 2.05) is 0 Å². The molecule has 1 aliphatic rings. The van der Waals surface area contributed by atoms with Gasteiger partial charge in [-0.1, -0.05) is 11.6 Å². The minimum Gasteiger partial charge on any atom is -0.467 e. The van der Waals surface area contributed by atoms with Gasteiger partial charge in [0.1, 0.15) is 5.02 Å². The molecular formula is C13H21ClN4O. The van der Waals surface area contributed by atoms with Crippen molar-refractivity contribution in [1.82, 2.24) is 15.3 Å². The molecule has 0 radical (unpaired) electrons. The van der Waals surface area contributed by atoms with E-state index in [0.29, 0.717) is 23.1 Å². The number of rotatable bonds is 5. The quantitative estimate of drug-likeness (QED) is 0.897. The predicted octanol–water partition coefficient (Wildman–Crippen LogP) is 2.11. The van der Waals surface area contributed by atoms with Crippen molar-refractivity contribution in [3.05, 3.63) is 11.2 Å². The van der Waals surface area contributed by atoms with Crippen LogP contribution in [0.3, 0.4) is 0 Å². The van der Waals surface area contributed by atoms with E-state index in [1.165, 1.54) is 12.8 Å². The van der Waals surface area contributed by atoms with Crippen LogP contribution < -0.4 is 15.0 Å². The summed E-state index contributed by atoms with van der Waals surface area (Å²) in [5, 5.41) is 4.06. The first kappa shape index (κ1) is 14.3. The van der Waals surface area contributed by atoms with E-state index < -0.39 is 0 Å². The molecule has 0 bridgehead atoms. The van der Waals surface area contributed by atoms with Gasteiger partial charge in [-0.05, 0) is 33.2 Å². The molecule has 0 aliphatic carbocycles. The Kier molecular flexibility index (Phi) is 4.82. The van der Waals surface area contributed by atoms with Gasteiger partial charge in [0.2, 0.25) is 0 Å². The van der Waals surface area contributed by atoms with Gasteiger partial charge in [-0.15, -0.1) is 0 Å². The molecule has 2 heterocycles. The Bertz CT molecular complexity index is 421. The van der Waals surface area contributed by atoms with E-state index in [9.17, 15) is 0 Å². The highest BCUT2D eigenvalue weighted by Crippen LogP contribution is 2.27. The fraction of sp³-hybridized carbons (Fsp3) is 0.692. The molecule has 1 saturated heterocycles. The summed E-state index contributed by atoms with van der Waals surface area (Å²) in [6, 6.07) is 1.17. The van der Waals surface area contributed by atoms with Gasteiger partial charge in [0.15, 0.2) is 5.82 Å². The maximum Gasteiger partial charge on any atom is 0.318 e. The van der Waals surface area contributed by atoms with Crippen molar-refractivity contribution in [3.63, 3.8) is 0 Å². The summed E-state index contributed by atoms with van der Waals surface area (Å²) in [5.74, 6) is 0.747. The molecule has 2 rings (SSSR count). The van der Waals surface area contributed by atoms with Gasteiger partial charge in [0.05, 0.1) is 13.3 Å². The highest BCUT2D eigenvalue weighted by molar-refractivity contribution is 6.32. The summed E-state index contributed by atoms with van der Waals surface area (Å²) in [6.07, 6.45) is 4.03. The van der Waals surface area contributed by atoms with Gasteiger partial charge < -0.3 is 15.0 Å². The highest BCUT2D eigenvalue weighted by Gasteiger charge is 2.23. The number of halogens is 1. The molecule has 1 N–H and O–H groups in total. The summed E-state index contributed by atoms with van der Waals surface area (Å²) in [5.41, 5.74) is 0. The van der Waals surface area contributed by atoms with Crippen LogP contribution in [-0.4, -0.2) is 42.3 Å². The molecule has 6 heteroatoms. The third-order valence-electron chi connectivity index (χ3n) is 3.36. The summed E-state index contributed by atoms with van der Waals surface area (Å²) < 4.78 is 5.09. The lowest BCUT2D eigenvalue weighted by Crippen LogP contribution is -2.42. The molecule has 0 amide bonds. The van der Waals surface area contributed by atoms with Gasteiger partial charge >= 0.3 is 6.01 Å². The topological polar surface area (TPSA) is 50.3 Å². The van der Waals surface area contributed by atoms with Crippen LogP contribution in [0.5, 0.6) is 6.01 Å². The molecule has 1 atom stereocenters. The number of methoxy groups -OCH3 is 1. The van der Waals surface area contributed by atoms with Crippen molar-refractivity contribution in [2.24, 2.45) is 0 Å². The average Bonchev–Trinajstić information content (AvgIpc) is 2.89. The Labute approximate surface area is 119 Å². The minimum atomic E-state index is 0.319. The standard InChI is InChI=1S/C13H21ClN4O/c1-9(2)18(8-10-5-4-6-15-10)12-11(14)7-16-13(17-12)19-3/h7,9-10,15H,4-6,8H2,1-3H3. The maximum atomic E-state index is 6.23. The van der Waals surface area contributed by atoms with Crippen LogP contribution >= 0.6 is 11.6 Å². The van der Waals surface area contributed by atoms with E-state index in [0.717, 1.165) is 18.9 Å². The van der Waals surface area contributed by atoms with E-state index in [2.05, 4.69) is 34.0 Å². The first-order valence-corrected chi connectivity index (χ1v) is 7.06. The molecule has 0 spiro atoms. The molecule has 1 fully saturated rings. The van der Waals surface area contributed by atoms with E-state index >= 15 is 0 Å². The predicted molar refractivity (Wildman–Crippen MR) is 77.1 cm³/mol. The van der Waals surface area contributed by atoms with Gasteiger partial charge in [-0.2, -0.15) is 4.98 Å². The molecule has 106 valence electrons. The lowest BCUT2D eigenvalue weighted by atomic mass is 10.2. The summed E-state index contributed by atoms with van der Waals surface area (Å²) in [4.78, 5) is 10.6. The second-order valence-electron chi connectivity index (χ2n) is 5.07. The van der Waals surface area contributed by atoms with Crippen molar-refractivity contribution in [2.75, 3.05) is 25.1 Å². The minimum absolute atomic E-state index is 0.319. The van der Waals surface area contributed by atoms with E-state index in [4.69, 9.17) is 16.3 Å². The van der Waals surface area contributed by atoms with Crippen LogP contribution in [0.15, 0.2) is 6.20 Å². The number of hydrogen-bond acceptors (Lipinski definition) is 5. The van der Waals surface area contributed by atoms with Crippen molar-refractivity contribution in [3.8, 4) is 6.01 Å². The normalized spacial score (nSPS) is 18.9. The average molecular weight is 285 g/mol. The Hall–Kier alpha value is -1.07. The summed E-state index contributed by atoms with van der Waals surface area (Å²) in [7, 11) is 1.56. The number of anilines is 1. The fourth-order valence-electron chi connectivity index (χ4n) is 2.33. The Balaban J connectivity index is 2.22. The Morgan fingerprint density at radius 3 is 2.95 bits per heavy atom. The summed E-state index contributed by atoms with van der Waals surface area (Å²) in [6.45, 7) is 6.27. The lowest BCUT2D eigenvalue weighted by Gasteiger charge is -2.31. The first-order chi connectivity index (χ1) is 9.11. The van der Waals surface area contributed by atoms with Gasteiger partial charge in [0.25, 0.3) is 0 Å². The molecule has 1 aromatic heterocycles. The molecule has 0 saturated carbocycles. The van der Waals surface area contributed by atoms with Crippen molar-refractivity contribution in [2.45, 2.75) is 38.8 Å². The van der Waals surface area contributed by atoms with Crippen LogP contribution in [0.1, 0.15) is 26.7 Å². The SMILES string of the molecule is COc1ncc(Cl)c(N(CC2CCCN2)C(C)C)n1. The second-order valence-corrected chi connectivity index (χ2v) is 5.47. The second kappa shape index (κ2) is 6.39. The fourth-order valence-corrected chi connectivity index (χ4v) is 2.53. The zero-order valence-corrected chi connectivity index (χ0v) is 12.4. The third kappa shape index (κ3) is 3.48. The largest absolute Gasteiger partial charge is 0.467 e. The number of nitrogens with zero attached hydrogens (tertiary/aromatic N) is 3. The Morgan fingerprint density at radius 1 is 1.58 bits per heavy atom.